The highest BCUT2D eigenvalue weighted by Crippen LogP contribution is 2.20. The van der Waals surface area contributed by atoms with Crippen LogP contribution in [0, 0.1) is 6.92 Å². The minimum absolute atomic E-state index is 0.00850. The van der Waals surface area contributed by atoms with Gasteiger partial charge in [-0.15, -0.1) is 0 Å². The van der Waals surface area contributed by atoms with E-state index in [9.17, 15) is 9.59 Å². The van der Waals surface area contributed by atoms with Crippen LogP contribution in [0.5, 0.6) is 0 Å². The molecular formula is C20H27N5O2. The molecule has 0 aromatic carbocycles. The van der Waals surface area contributed by atoms with Gasteiger partial charge in [0.15, 0.2) is 0 Å². The molecule has 27 heavy (non-hydrogen) atoms. The summed E-state index contributed by atoms with van der Waals surface area (Å²) in [7, 11) is 0. The number of fused-ring (bicyclic) bond motifs is 1. The Morgan fingerprint density at radius 1 is 1.07 bits per heavy atom. The van der Waals surface area contributed by atoms with Crippen molar-refractivity contribution >= 4 is 0 Å². The summed E-state index contributed by atoms with van der Waals surface area (Å²) in [5.41, 5.74) is 2.99. The van der Waals surface area contributed by atoms with Crippen LogP contribution in [-0.2, 0) is 25.9 Å². The van der Waals surface area contributed by atoms with Crippen molar-refractivity contribution in [2.45, 2.75) is 64.6 Å². The van der Waals surface area contributed by atoms with Gasteiger partial charge in [0.05, 0.1) is 18.6 Å². The van der Waals surface area contributed by atoms with Gasteiger partial charge in [0.1, 0.15) is 0 Å². The van der Waals surface area contributed by atoms with Crippen molar-refractivity contribution in [3.05, 3.63) is 56.1 Å². The normalized spacial score (nSPS) is 20.0. The molecule has 1 unspecified atom stereocenters. The molecule has 144 valence electrons. The Bertz CT molecular complexity index is 933. The lowest BCUT2D eigenvalue weighted by atomic mass is 9.97. The lowest BCUT2D eigenvalue weighted by molar-refractivity contribution is 0.215. The van der Waals surface area contributed by atoms with Gasteiger partial charge in [-0.05, 0) is 57.6 Å². The standard InChI is InChI=1S/C20H27N5O2/c1-15-11-19(26)24(14-21-15)10-9-23-8-4-6-17(23)13-25-20(27)12-16-5-2-3-7-18(16)22-25/h11-12,14,17H,2-10,13H2,1H3. The van der Waals surface area contributed by atoms with Crippen LogP contribution in [0.1, 0.15) is 42.6 Å². The molecule has 0 bridgehead atoms. The van der Waals surface area contributed by atoms with Crippen LogP contribution in [0.3, 0.4) is 0 Å². The van der Waals surface area contributed by atoms with Crippen molar-refractivity contribution in [3.63, 3.8) is 0 Å². The molecule has 0 radical (unpaired) electrons. The third-order valence-electron chi connectivity index (χ3n) is 5.80. The van der Waals surface area contributed by atoms with E-state index in [2.05, 4.69) is 15.0 Å². The summed E-state index contributed by atoms with van der Waals surface area (Å²) >= 11 is 0. The fraction of sp³-hybridized carbons (Fsp3) is 0.600. The monoisotopic (exact) mass is 369 g/mol. The summed E-state index contributed by atoms with van der Waals surface area (Å²) in [6.45, 7) is 4.86. The van der Waals surface area contributed by atoms with Gasteiger partial charge in [-0.2, -0.15) is 5.10 Å². The predicted molar refractivity (Wildman–Crippen MR) is 103 cm³/mol. The Morgan fingerprint density at radius 3 is 2.78 bits per heavy atom. The molecule has 0 spiro atoms. The lowest BCUT2D eigenvalue weighted by Crippen LogP contribution is -2.40. The van der Waals surface area contributed by atoms with E-state index in [0.29, 0.717) is 19.1 Å². The smallest absolute Gasteiger partial charge is 0.267 e. The van der Waals surface area contributed by atoms with E-state index in [-0.39, 0.29) is 11.1 Å². The van der Waals surface area contributed by atoms with Crippen molar-refractivity contribution < 1.29 is 0 Å². The van der Waals surface area contributed by atoms with Crippen LogP contribution in [0.4, 0.5) is 0 Å². The van der Waals surface area contributed by atoms with E-state index in [0.717, 1.165) is 68.6 Å². The van der Waals surface area contributed by atoms with Gasteiger partial charge < -0.3 is 0 Å². The van der Waals surface area contributed by atoms with Crippen molar-refractivity contribution in [1.29, 1.82) is 0 Å². The molecule has 0 N–H and O–H groups in total. The third-order valence-corrected chi connectivity index (χ3v) is 5.80. The first-order valence-electron chi connectivity index (χ1n) is 9.97. The Balaban J connectivity index is 1.44. The number of nitrogens with zero attached hydrogens (tertiary/aromatic N) is 5. The maximum Gasteiger partial charge on any atom is 0.267 e. The molecule has 2 aromatic rings. The first kappa shape index (κ1) is 18.1. The molecule has 2 aromatic heterocycles. The molecule has 7 nitrogen and oxygen atoms in total. The largest absolute Gasteiger partial charge is 0.298 e. The molecular weight excluding hydrogens is 342 g/mol. The van der Waals surface area contributed by atoms with Crippen molar-refractivity contribution in [3.8, 4) is 0 Å². The first-order chi connectivity index (χ1) is 13.1. The molecule has 1 atom stereocenters. The van der Waals surface area contributed by atoms with Crippen molar-refractivity contribution in [2.24, 2.45) is 0 Å². The molecule has 0 amide bonds. The molecule has 3 heterocycles. The van der Waals surface area contributed by atoms with Gasteiger partial charge in [-0.3, -0.25) is 19.1 Å². The Morgan fingerprint density at radius 2 is 1.93 bits per heavy atom. The second-order valence-electron chi connectivity index (χ2n) is 7.74. The number of aromatic nitrogens is 4. The fourth-order valence-corrected chi connectivity index (χ4v) is 4.25. The van der Waals surface area contributed by atoms with Gasteiger partial charge in [-0.1, -0.05) is 0 Å². The Kier molecular flexibility index (Phi) is 5.20. The number of aryl methyl sites for hydroxylation is 3. The maximum atomic E-state index is 12.5. The second-order valence-corrected chi connectivity index (χ2v) is 7.74. The van der Waals surface area contributed by atoms with Crippen molar-refractivity contribution in [2.75, 3.05) is 13.1 Å². The van der Waals surface area contributed by atoms with Crippen LogP contribution < -0.4 is 11.1 Å². The lowest BCUT2D eigenvalue weighted by Gasteiger charge is -2.25. The molecule has 2 aliphatic rings. The van der Waals surface area contributed by atoms with Crippen LogP contribution in [0.15, 0.2) is 28.0 Å². The van der Waals surface area contributed by atoms with E-state index < -0.39 is 0 Å². The van der Waals surface area contributed by atoms with Gasteiger partial charge >= 0.3 is 0 Å². The molecule has 1 aliphatic carbocycles. The first-order valence-corrected chi connectivity index (χ1v) is 9.97. The highest BCUT2D eigenvalue weighted by atomic mass is 16.1. The molecule has 7 heteroatoms. The Labute approximate surface area is 158 Å². The minimum atomic E-state index is -0.00850. The summed E-state index contributed by atoms with van der Waals surface area (Å²) in [6, 6.07) is 3.65. The van der Waals surface area contributed by atoms with Crippen LogP contribution in [0.2, 0.25) is 0 Å². The van der Waals surface area contributed by atoms with Crippen LogP contribution in [-0.4, -0.2) is 43.4 Å². The van der Waals surface area contributed by atoms with E-state index in [1.54, 1.807) is 27.7 Å². The van der Waals surface area contributed by atoms with E-state index >= 15 is 0 Å². The summed E-state index contributed by atoms with van der Waals surface area (Å²) in [6.07, 6.45) is 8.07. The van der Waals surface area contributed by atoms with Crippen molar-refractivity contribution in [1.82, 2.24) is 24.2 Å². The van der Waals surface area contributed by atoms with Crippen LogP contribution in [0.25, 0.3) is 0 Å². The molecule has 1 fully saturated rings. The zero-order valence-electron chi connectivity index (χ0n) is 15.9. The molecule has 4 rings (SSSR count). The highest BCUT2D eigenvalue weighted by molar-refractivity contribution is 5.20. The van der Waals surface area contributed by atoms with E-state index in [1.165, 1.54) is 0 Å². The topological polar surface area (TPSA) is 73.0 Å². The average Bonchev–Trinajstić information content (AvgIpc) is 3.09. The minimum Gasteiger partial charge on any atom is -0.298 e. The molecule has 1 aliphatic heterocycles. The van der Waals surface area contributed by atoms with Gasteiger partial charge in [0, 0.05) is 37.0 Å². The number of hydrogen-bond donors (Lipinski definition) is 0. The summed E-state index contributed by atoms with van der Waals surface area (Å²) in [5, 5.41) is 4.67. The quantitative estimate of drug-likeness (QED) is 0.791. The van der Waals surface area contributed by atoms with E-state index in [1.807, 2.05) is 6.92 Å². The SMILES string of the molecule is Cc1cc(=O)n(CCN2CCCC2Cn2nc3c(cc2=O)CCCC3)cn1. The summed E-state index contributed by atoms with van der Waals surface area (Å²) < 4.78 is 3.32. The van der Waals surface area contributed by atoms with Gasteiger partial charge in [0.2, 0.25) is 0 Å². The summed E-state index contributed by atoms with van der Waals surface area (Å²) in [4.78, 5) is 31.1. The predicted octanol–water partition coefficient (Wildman–Crippen LogP) is 1.15. The second kappa shape index (κ2) is 7.76. The highest BCUT2D eigenvalue weighted by Gasteiger charge is 2.26. The third kappa shape index (κ3) is 4.03. The fourth-order valence-electron chi connectivity index (χ4n) is 4.25. The van der Waals surface area contributed by atoms with Gasteiger partial charge in [0.25, 0.3) is 11.1 Å². The van der Waals surface area contributed by atoms with E-state index in [4.69, 9.17) is 0 Å². The maximum absolute atomic E-state index is 12.5. The zero-order chi connectivity index (χ0) is 18.8. The molecule has 0 saturated carbocycles. The average molecular weight is 369 g/mol. The molecule has 1 saturated heterocycles. The Hall–Kier alpha value is -2.28. The summed E-state index contributed by atoms with van der Waals surface area (Å²) in [5.74, 6) is 0. The number of hydrogen-bond acceptors (Lipinski definition) is 5. The number of rotatable bonds is 5. The van der Waals surface area contributed by atoms with Crippen LogP contribution >= 0.6 is 0 Å². The zero-order valence-corrected chi connectivity index (χ0v) is 15.9. The number of likely N-dealkylation sites (tertiary alicyclic amines) is 1. The van der Waals surface area contributed by atoms with Gasteiger partial charge in [-0.25, -0.2) is 9.67 Å².